The molecule has 5 nitrogen and oxygen atoms in total. The summed E-state index contributed by atoms with van der Waals surface area (Å²) in [5, 5.41) is 8.07. The number of hydrogen-bond acceptors (Lipinski definition) is 4. The number of nitrogens with zero attached hydrogens (tertiary/aromatic N) is 1. The molecule has 1 aromatic rings. The summed E-state index contributed by atoms with van der Waals surface area (Å²) in [5.41, 5.74) is 0.770. The largest absolute Gasteiger partial charge is 0.350 e. The molecule has 0 bridgehead atoms. The molecule has 0 saturated heterocycles. The molecule has 0 aliphatic carbocycles. The van der Waals surface area contributed by atoms with E-state index in [9.17, 15) is 9.59 Å². The SMILES string of the molecule is CC[C@@H](C)C(=O)NCc1csc(NC(=O)[C@H](C)CC)n1. The lowest BCUT2D eigenvalue weighted by atomic mass is 10.1. The minimum Gasteiger partial charge on any atom is -0.350 e. The molecular formula is C14H23N3O2S. The van der Waals surface area contributed by atoms with E-state index in [-0.39, 0.29) is 23.7 Å². The standard InChI is InChI=1S/C14H23N3O2S/c1-5-9(3)12(18)15-7-11-8-20-14(16-11)17-13(19)10(4)6-2/h8-10H,5-7H2,1-4H3,(H,15,18)(H,16,17,19)/t9-,10-/m1/s1. The van der Waals surface area contributed by atoms with E-state index in [2.05, 4.69) is 15.6 Å². The number of thiazole rings is 1. The van der Waals surface area contributed by atoms with Crippen LogP contribution >= 0.6 is 11.3 Å². The monoisotopic (exact) mass is 297 g/mol. The minimum atomic E-state index is -0.0209. The summed E-state index contributed by atoms with van der Waals surface area (Å²) in [4.78, 5) is 27.7. The number of nitrogens with one attached hydrogen (secondary N) is 2. The van der Waals surface area contributed by atoms with Gasteiger partial charge >= 0.3 is 0 Å². The molecule has 0 saturated carbocycles. The molecule has 2 N–H and O–H groups in total. The lowest BCUT2D eigenvalue weighted by Gasteiger charge is -2.08. The number of rotatable bonds is 7. The summed E-state index contributed by atoms with van der Waals surface area (Å²) in [6.45, 7) is 8.14. The summed E-state index contributed by atoms with van der Waals surface area (Å²) >= 11 is 1.38. The van der Waals surface area contributed by atoms with Crippen molar-refractivity contribution in [2.75, 3.05) is 5.32 Å². The van der Waals surface area contributed by atoms with Gasteiger partial charge in [-0.1, -0.05) is 27.7 Å². The Morgan fingerprint density at radius 2 is 1.80 bits per heavy atom. The van der Waals surface area contributed by atoms with E-state index < -0.39 is 0 Å². The fraction of sp³-hybridized carbons (Fsp3) is 0.643. The Balaban J connectivity index is 2.47. The van der Waals surface area contributed by atoms with E-state index >= 15 is 0 Å². The zero-order valence-corrected chi connectivity index (χ0v) is 13.3. The second-order valence-corrected chi connectivity index (χ2v) is 5.83. The van der Waals surface area contributed by atoms with Gasteiger partial charge < -0.3 is 10.6 Å². The summed E-state index contributed by atoms with van der Waals surface area (Å²) in [5.74, 6) is 0.00778. The third-order valence-corrected chi connectivity index (χ3v) is 4.15. The molecule has 0 fully saturated rings. The highest BCUT2D eigenvalue weighted by atomic mass is 32.1. The highest BCUT2D eigenvalue weighted by molar-refractivity contribution is 7.13. The van der Waals surface area contributed by atoms with Crippen molar-refractivity contribution < 1.29 is 9.59 Å². The van der Waals surface area contributed by atoms with Gasteiger partial charge in [-0.25, -0.2) is 4.98 Å². The van der Waals surface area contributed by atoms with Gasteiger partial charge in [0.05, 0.1) is 12.2 Å². The van der Waals surface area contributed by atoms with Crippen LogP contribution in [-0.2, 0) is 16.1 Å². The molecule has 20 heavy (non-hydrogen) atoms. The Kier molecular flexibility index (Phi) is 6.64. The van der Waals surface area contributed by atoms with Crippen LogP contribution in [-0.4, -0.2) is 16.8 Å². The molecule has 6 heteroatoms. The minimum absolute atomic E-state index is 0.0122. The van der Waals surface area contributed by atoms with Crippen LogP contribution in [0.4, 0.5) is 5.13 Å². The Labute approximate surface area is 124 Å². The Morgan fingerprint density at radius 1 is 1.20 bits per heavy atom. The van der Waals surface area contributed by atoms with Crippen molar-refractivity contribution in [3.63, 3.8) is 0 Å². The molecule has 1 rings (SSSR count). The van der Waals surface area contributed by atoms with Crippen LogP contribution in [0.3, 0.4) is 0 Å². The number of hydrogen-bond donors (Lipinski definition) is 2. The average Bonchev–Trinajstić information content (AvgIpc) is 2.90. The van der Waals surface area contributed by atoms with E-state index in [1.165, 1.54) is 11.3 Å². The van der Waals surface area contributed by atoms with Crippen molar-refractivity contribution in [2.24, 2.45) is 11.8 Å². The molecule has 2 amide bonds. The van der Waals surface area contributed by atoms with Crippen LogP contribution < -0.4 is 10.6 Å². The summed E-state index contributed by atoms with van der Waals surface area (Å²) < 4.78 is 0. The molecule has 1 aromatic heterocycles. The van der Waals surface area contributed by atoms with Gasteiger partial charge in [0.1, 0.15) is 0 Å². The number of anilines is 1. The van der Waals surface area contributed by atoms with Crippen LogP contribution in [0.1, 0.15) is 46.2 Å². The fourth-order valence-electron chi connectivity index (χ4n) is 1.40. The maximum atomic E-state index is 11.7. The van der Waals surface area contributed by atoms with Gasteiger partial charge in [0, 0.05) is 17.2 Å². The first-order chi connectivity index (χ1) is 9.47. The predicted molar refractivity (Wildman–Crippen MR) is 81.5 cm³/mol. The number of carbonyl (C=O) groups excluding carboxylic acids is 2. The van der Waals surface area contributed by atoms with Gasteiger partial charge in [-0.2, -0.15) is 0 Å². The Morgan fingerprint density at radius 3 is 2.40 bits per heavy atom. The normalized spacial score (nSPS) is 13.6. The van der Waals surface area contributed by atoms with Crippen molar-refractivity contribution in [1.29, 1.82) is 0 Å². The topological polar surface area (TPSA) is 71.1 Å². The van der Waals surface area contributed by atoms with Crippen molar-refractivity contribution >= 4 is 28.3 Å². The fourth-order valence-corrected chi connectivity index (χ4v) is 2.11. The average molecular weight is 297 g/mol. The lowest BCUT2D eigenvalue weighted by Crippen LogP contribution is -2.28. The van der Waals surface area contributed by atoms with Gasteiger partial charge in [-0.3, -0.25) is 9.59 Å². The van der Waals surface area contributed by atoms with E-state index in [0.717, 1.165) is 18.5 Å². The predicted octanol–water partition coefficient (Wildman–Crippen LogP) is 2.79. The van der Waals surface area contributed by atoms with E-state index in [4.69, 9.17) is 0 Å². The maximum Gasteiger partial charge on any atom is 0.228 e. The molecule has 0 radical (unpaired) electrons. The smallest absolute Gasteiger partial charge is 0.228 e. The second-order valence-electron chi connectivity index (χ2n) is 4.97. The first-order valence-electron chi connectivity index (χ1n) is 7.00. The quantitative estimate of drug-likeness (QED) is 0.813. The van der Waals surface area contributed by atoms with Gasteiger partial charge in [0.15, 0.2) is 5.13 Å². The van der Waals surface area contributed by atoms with Gasteiger partial charge in [-0.15, -0.1) is 11.3 Å². The second kappa shape index (κ2) is 7.99. The molecule has 1 heterocycles. The molecule has 0 spiro atoms. The van der Waals surface area contributed by atoms with Crippen LogP contribution in [0.2, 0.25) is 0 Å². The Hall–Kier alpha value is -1.43. The summed E-state index contributed by atoms with van der Waals surface area (Å²) in [6, 6.07) is 0. The first-order valence-corrected chi connectivity index (χ1v) is 7.88. The first kappa shape index (κ1) is 16.6. The van der Waals surface area contributed by atoms with Crippen LogP contribution in [0.25, 0.3) is 0 Å². The molecule has 112 valence electrons. The molecular weight excluding hydrogens is 274 g/mol. The van der Waals surface area contributed by atoms with Crippen molar-refractivity contribution in [1.82, 2.24) is 10.3 Å². The van der Waals surface area contributed by atoms with Crippen molar-refractivity contribution in [3.8, 4) is 0 Å². The molecule has 0 aliphatic heterocycles. The molecule has 0 unspecified atom stereocenters. The van der Waals surface area contributed by atoms with Crippen LogP contribution in [0, 0.1) is 11.8 Å². The van der Waals surface area contributed by atoms with E-state index in [1.807, 2.05) is 33.1 Å². The van der Waals surface area contributed by atoms with E-state index in [0.29, 0.717) is 11.7 Å². The maximum absolute atomic E-state index is 11.7. The third kappa shape index (κ3) is 4.92. The third-order valence-electron chi connectivity index (χ3n) is 3.35. The lowest BCUT2D eigenvalue weighted by molar-refractivity contribution is -0.124. The van der Waals surface area contributed by atoms with Crippen molar-refractivity contribution in [2.45, 2.75) is 47.1 Å². The Bertz CT molecular complexity index is 459. The number of aromatic nitrogens is 1. The summed E-state index contributed by atoms with van der Waals surface area (Å²) in [7, 11) is 0. The van der Waals surface area contributed by atoms with Gasteiger partial charge in [0.2, 0.25) is 11.8 Å². The number of carbonyl (C=O) groups is 2. The highest BCUT2D eigenvalue weighted by Gasteiger charge is 2.13. The zero-order valence-electron chi connectivity index (χ0n) is 12.5. The van der Waals surface area contributed by atoms with E-state index in [1.54, 1.807) is 0 Å². The number of amides is 2. The molecule has 2 atom stereocenters. The molecule has 0 aromatic carbocycles. The van der Waals surface area contributed by atoms with Gasteiger partial charge in [0.25, 0.3) is 0 Å². The van der Waals surface area contributed by atoms with Crippen LogP contribution in [0.15, 0.2) is 5.38 Å². The van der Waals surface area contributed by atoms with Gasteiger partial charge in [-0.05, 0) is 12.8 Å². The highest BCUT2D eigenvalue weighted by Crippen LogP contribution is 2.17. The van der Waals surface area contributed by atoms with Crippen molar-refractivity contribution in [3.05, 3.63) is 11.1 Å². The summed E-state index contributed by atoms with van der Waals surface area (Å²) in [6.07, 6.45) is 1.62. The zero-order chi connectivity index (χ0) is 15.1. The van der Waals surface area contributed by atoms with Crippen LogP contribution in [0.5, 0.6) is 0 Å². The molecule has 0 aliphatic rings.